The number of thioether (sulfide) groups is 1. The number of carbonyl (C=O) groups excluding carboxylic acids is 1. The van der Waals surface area contributed by atoms with Crippen LogP contribution >= 0.6 is 35.0 Å². The van der Waals surface area contributed by atoms with Crippen molar-refractivity contribution in [2.45, 2.75) is 17.6 Å². The maximum Gasteiger partial charge on any atom is 0.161 e. The summed E-state index contributed by atoms with van der Waals surface area (Å²) in [6.45, 7) is 2.23. The van der Waals surface area contributed by atoms with Crippen molar-refractivity contribution in [3.8, 4) is 11.5 Å². The summed E-state index contributed by atoms with van der Waals surface area (Å²) in [5, 5.41) is 11.2. The largest absolute Gasteiger partial charge is 0.504 e. The van der Waals surface area contributed by atoms with E-state index in [0.29, 0.717) is 39.3 Å². The van der Waals surface area contributed by atoms with Crippen LogP contribution in [0.4, 0.5) is 0 Å². The normalized spacial score (nSPS) is 10.5. The zero-order valence-electron chi connectivity index (χ0n) is 11.8. The Morgan fingerprint density at radius 3 is 2.64 bits per heavy atom. The molecule has 6 heteroatoms. The summed E-state index contributed by atoms with van der Waals surface area (Å²) in [7, 11) is 0. The number of aldehydes is 1. The molecule has 0 saturated carbocycles. The van der Waals surface area contributed by atoms with Crippen molar-refractivity contribution < 1.29 is 14.6 Å². The molecule has 0 aliphatic rings. The molecule has 2 aromatic carbocycles. The van der Waals surface area contributed by atoms with Crippen molar-refractivity contribution in [3.05, 3.63) is 51.5 Å². The first-order valence-corrected chi connectivity index (χ1v) is 8.31. The van der Waals surface area contributed by atoms with Gasteiger partial charge in [-0.05, 0) is 37.3 Å². The molecule has 0 aliphatic heterocycles. The van der Waals surface area contributed by atoms with E-state index in [1.165, 1.54) is 17.8 Å². The van der Waals surface area contributed by atoms with Crippen LogP contribution in [0, 0.1) is 0 Å². The highest BCUT2D eigenvalue weighted by Crippen LogP contribution is 2.36. The van der Waals surface area contributed by atoms with Gasteiger partial charge in [-0.25, -0.2) is 0 Å². The van der Waals surface area contributed by atoms with E-state index in [0.717, 1.165) is 11.2 Å². The molecule has 0 saturated heterocycles. The third kappa shape index (κ3) is 4.09. The molecule has 1 N–H and O–H groups in total. The number of rotatable bonds is 6. The molecule has 0 aliphatic carbocycles. The molecule has 0 bridgehead atoms. The molecule has 0 amide bonds. The molecule has 0 spiro atoms. The molecular formula is C16H14Cl2O3S. The molecular weight excluding hydrogens is 343 g/mol. The predicted molar refractivity (Wildman–Crippen MR) is 90.7 cm³/mol. The Balaban J connectivity index is 2.22. The first-order valence-electron chi connectivity index (χ1n) is 6.56. The third-order valence-electron chi connectivity index (χ3n) is 2.90. The summed E-state index contributed by atoms with van der Waals surface area (Å²) in [6, 6.07) is 8.51. The van der Waals surface area contributed by atoms with Crippen molar-refractivity contribution in [2.24, 2.45) is 0 Å². The maximum absolute atomic E-state index is 11.0. The SMILES string of the molecule is CCOc1cc(C=O)cc(CSc2ccc(Cl)c(Cl)c2)c1O. The van der Waals surface area contributed by atoms with E-state index in [2.05, 4.69) is 0 Å². The lowest BCUT2D eigenvalue weighted by molar-refractivity contribution is 0.112. The van der Waals surface area contributed by atoms with Crippen molar-refractivity contribution in [2.75, 3.05) is 6.61 Å². The Hall–Kier alpha value is -1.36. The maximum atomic E-state index is 11.0. The second kappa shape index (κ2) is 7.77. The highest BCUT2D eigenvalue weighted by atomic mass is 35.5. The molecule has 0 unspecified atom stereocenters. The molecule has 0 aromatic heterocycles. The fourth-order valence-corrected chi connectivity index (χ4v) is 3.13. The average molecular weight is 357 g/mol. The van der Waals surface area contributed by atoms with Crippen LogP contribution < -0.4 is 4.74 Å². The zero-order valence-corrected chi connectivity index (χ0v) is 14.1. The van der Waals surface area contributed by atoms with Crippen LogP contribution in [0.15, 0.2) is 35.2 Å². The topological polar surface area (TPSA) is 46.5 Å². The Kier molecular flexibility index (Phi) is 6.00. The van der Waals surface area contributed by atoms with Gasteiger partial charge in [0, 0.05) is 21.8 Å². The van der Waals surface area contributed by atoms with Crippen LogP contribution in [0.1, 0.15) is 22.8 Å². The van der Waals surface area contributed by atoms with Crippen molar-refractivity contribution in [3.63, 3.8) is 0 Å². The number of halogens is 2. The van der Waals surface area contributed by atoms with Gasteiger partial charge in [0.2, 0.25) is 0 Å². The van der Waals surface area contributed by atoms with Crippen LogP contribution in [0.3, 0.4) is 0 Å². The fraction of sp³-hybridized carbons (Fsp3) is 0.188. The van der Waals surface area contributed by atoms with Crippen molar-refractivity contribution >= 4 is 41.2 Å². The Bertz CT molecular complexity index is 689. The van der Waals surface area contributed by atoms with E-state index in [9.17, 15) is 9.90 Å². The second-order valence-corrected chi connectivity index (χ2v) is 6.31. The van der Waals surface area contributed by atoms with Gasteiger partial charge in [0.05, 0.1) is 16.7 Å². The lowest BCUT2D eigenvalue weighted by Crippen LogP contribution is -1.96. The van der Waals surface area contributed by atoms with Crippen LogP contribution in [-0.4, -0.2) is 18.0 Å². The quantitative estimate of drug-likeness (QED) is 0.570. The standard InChI is InChI=1S/C16H14Cl2O3S/c1-2-21-15-6-10(8-19)5-11(16(15)20)9-22-12-3-4-13(17)14(18)7-12/h3-8,20H,2,9H2,1H3. The van der Waals surface area contributed by atoms with E-state index in [4.69, 9.17) is 27.9 Å². The first-order chi connectivity index (χ1) is 10.5. The van der Waals surface area contributed by atoms with Crippen LogP contribution in [-0.2, 0) is 5.75 Å². The number of carbonyl (C=O) groups is 1. The number of hydrogen-bond acceptors (Lipinski definition) is 4. The molecule has 22 heavy (non-hydrogen) atoms. The summed E-state index contributed by atoms with van der Waals surface area (Å²) in [4.78, 5) is 11.9. The molecule has 0 fully saturated rings. The molecule has 0 atom stereocenters. The van der Waals surface area contributed by atoms with Gasteiger partial charge in [0.1, 0.15) is 6.29 Å². The smallest absolute Gasteiger partial charge is 0.161 e. The van der Waals surface area contributed by atoms with Crippen LogP contribution in [0.25, 0.3) is 0 Å². The van der Waals surface area contributed by atoms with Crippen molar-refractivity contribution in [1.29, 1.82) is 0 Å². The van der Waals surface area contributed by atoms with E-state index in [-0.39, 0.29) is 5.75 Å². The van der Waals surface area contributed by atoms with Gasteiger partial charge in [-0.1, -0.05) is 23.2 Å². The van der Waals surface area contributed by atoms with Gasteiger partial charge in [0.25, 0.3) is 0 Å². The number of ether oxygens (including phenoxy) is 1. The number of phenols is 1. The van der Waals surface area contributed by atoms with E-state index in [1.807, 2.05) is 13.0 Å². The predicted octanol–water partition coefficient (Wildman–Crippen LogP) is 5.20. The first kappa shape index (κ1) is 17.0. The molecule has 116 valence electrons. The van der Waals surface area contributed by atoms with Gasteiger partial charge >= 0.3 is 0 Å². The van der Waals surface area contributed by atoms with E-state index in [1.54, 1.807) is 18.2 Å². The molecule has 0 radical (unpaired) electrons. The number of hydrogen-bond donors (Lipinski definition) is 1. The van der Waals surface area contributed by atoms with Gasteiger partial charge in [0.15, 0.2) is 11.5 Å². The lowest BCUT2D eigenvalue weighted by atomic mass is 10.1. The van der Waals surface area contributed by atoms with Crippen LogP contribution in [0.5, 0.6) is 11.5 Å². The number of benzene rings is 2. The minimum absolute atomic E-state index is 0.0556. The van der Waals surface area contributed by atoms with Crippen LogP contribution in [0.2, 0.25) is 10.0 Å². The van der Waals surface area contributed by atoms with Gasteiger partial charge in [-0.2, -0.15) is 0 Å². The Morgan fingerprint density at radius 1 is 1.23 bits per heavy atom. The molecule has 2 rings (SSSR count). The summed E-state index contributed by atoms with van der Waals surface area (Å²) in [5.74, 6) is 0.850. The molecule has 3 nitrogen and oxygen atoms in total. The minimum atomic E-state index is 0.0556. The minimum Gasteiger partial charge on any atom is -0.504 e. The third-order valence-corrected chi connectivity index (χ3v) is 4.68. The summed E-state index contributed by atoms with van der Waals surface area (Å²) >= 11 is 13.3. The fourth-order valence-electron chi connectivity index (χ4n) is 1.86. The van der Waals surface area contributed by atoms with Gasteiger partial charge < -0.3 is 9.84 Å². The molecule has 2 aromatic rings. The van der Waals surface area contributed by atoms with Crippen molar-refractivity contribution in [1.82, 2.24) is 0 Å². The highest BCUT2D eigenvalue weighted by Gasteiger charge is 2.12. The van der Waals surface area contributed by atoms with E-state index < -0.39 is 0 Å². The number of aromatic hydroxyl groups is 1. The lowest BCUT2D eigenvalue weighted by Gasteiger charge is -2.11. The Morgan fingerprint density at radius 2 is 2.00 bits per heavy atom. The monoisotopic (exact) mass is 356 g/mol. The Labute approximate surface area is 143 Å². The zero-order chi connectivity index (χ0) is 16.1. The summed E-state index contributed by atoms with van der Waals surface area (Å²) < 4.78 is 5.35. The van der Waals surface area contributed by atoms with E-state index >= 15 is 0 Å². The van der Waals surface area contributed by atoms with Gasteiger partial charge in [-0.15, -0.1) is 11.8 Å². The highest BCUT2D eigenvalue weighted by molar-refractivity contribution is 7.98. The second-order valence-electron chi connectivity index (χ2n) is 4.44. The van der Waals surface area contributed by atoms with Gasteiger partial charge in [-0.3, -0.25) is 4.79 Å². The summed E-state index contributed by atoms with van der Waals surface area (Å²) in [6.07, 6.45) is 0.731. The average Bonchev–Trinajstić information content (AvgIpc) is 2.51. The molecule has 0 heterocycles. The summed E-state index contributed by atoms with van der Waals surface area (Å²) in [5.41, 5.74) is 1.09. The number of phenolic OH excluding ortho intramolecular Hbond substituents is 1.